The Hall–Kier alpha value is -1.23. The zero-order valence-corrected chi connectivity index (χ0v) is 8.83. The van der Waals surface area contributed by atoms with Crippen LogP contribution in [0.2, 0.25) is 0 Å². The summed E-state index contributed by atoms with van der Waals surface area (Å²) in [6.07, 6.45) is 9.66. The zero-order chi connectivity index (χ0) is 10.2. The van der Waals surface area contributed by atoms with Gasteiger partial charge in [0.15, 0.2) is 0 Å². The van der Waals surface area contributed by atoms with Gasteiger partial charge in [-0.25, -0.2) is 0 Å². The van der Waals surface area contributed by atoms with Crippen molar-refractivity contribution in [2.45, 2.75) is 38.6 Å². The molecule has 0 radical (unpaired) electrons. The third-order valence-corrected chi connectivity index (χ3v) is 2.77. The predicted molar refractivity (Wildman–Crippen MR) is 56.8 cm³/mol. The monoisotopic (exact) mass is 188 g/mol. The van der Waals surface area contributed by atoms with E-state index in [0.29, 0.717) is 5.92 Å². The van der Waals surface area contributed by atoms with Crippen molar-refractivity contribution in [3.63, 3.8) is 0 Å². The first-order chi connectivity index (χ1) is 6.68. The van der Waals surface area contributed by atoms with Gasteiger partial charge in [-0.2, -0.15) is 5.10 Å². The fourth-order valence-corrected chi connectivity index (χ4v) is 1.83. The molecule has 1 heterocycles. The first-order valence-corrected chi connectivity index (χ1v) is 5.18. The predicted octanol–water partition coefficient (Wildman–Crippen LogP) is 2.20. The molecule has 14 heavy (non-hydrogen) atoms. The highest BCUT2D eigenvalue weighted by Gasteiger charge is 2.45. The molecule has 0 aliphatic heterocycles. The molecule has 1 fully saturated rings. The highest BCUT2D eigenvalue weighted by Crippen LogP contribution is 2.47. The molecule has 0 saturated heterocycles. The molecule has 0 bridgehead atoms. The summed E-state index contributed by atoms with van der Waals surface area (Å²) in [4.78, 5) is 0. The summed E-state index contributed by atoms with van der Waals surface area (Å²) in [7, 11) is 0. The molecule has 1 aromatic heterocycles. The molecule has 2 rings (SSSR count). The number of hydrogen-bond acceptors (Lipinski definition) is 1. The zero-order valence-electron chi connectivity index (χ0n) is 8.83. The van der Waals surface area contributed by atoms with Gasteiger partial charge in [0.25, 0.3) is 0 Å². The molecule has 0 atom stereocenters. The lowest BCUT2D eigenvalue weighted by Crippen LogP contribution is -2.15. The third kappa shape index (κ3) is 1.43. The van der Waals surface area contributed by atoms with E-state index in [1.165, 1.54) is 5.69 Å². The number of nitrogens with zero attached hydrogens (tertiary/aromatic N) is 2. The summed E-state index contributed by atoms with van der Waals surface area (Å²) < 4.78 is 2.07. The van der Waals surface area contributed by atoms with Gasteiger partial charge in [0.1, 0.15) is 0 Å². The summed E-state index contributed by atoms with van der Waals surface area (Å²) in [5.41, 5.74) is 1.25. The van der Waals surface area contributed by atoms with Gasteiger partial charge in [-0.1, -0.05) is 19.8 Å². The molecule has 0 unspecified atom stereocenters. The highest BCUT2D eigenvalue weighted by atomic mass is 15.3. The molecule has 0 amide bonds. The molecule has 0 N–H and O–H groups in total. The molecular formula is C12H16N2. The molecule has 0 aromatic carbocycles. The van der Waals surface area contributed by atoms with Gasteiger partial charge in [-0.15, -0.1) is 6.42 Å². The number of aromatic nitrogens is 2. The lowest BCUT2D eigenvalue weighted by molar-refractivity contribution is 0.462. The van der Waals surface area contributed by atoms with E-state index in [1.807, 2.05) is 6.20 Å². The van der Waals surface area contributed by atoms with Crippen molar-refractivity contribution < 1.29 is 0 Å². The molecule has 0 spiro atoms. The molecule has 2 nitrogen and oxygen atoms in total. The Kier molecular flexibility index (Phi) is 2.11. The van der Waals surface area contributed by atoms with Crippen molar-refractivity contribution in [2.75, 3.05) is 0 Å². The second-order valence-corrected chi connectivity index (χ2v) is 4.52. The van der Waals surface area contributed by atoms with Crippen LogP contribution in [0.1, 0.15) is 32.4 Å². The van der Waals surface area contributed by atoms with Crippen LogP contribution in [-0.4, -0.2) is 9.78 Å². The minimum atomic E-state index is 0.0192. The van der Waals surface area contributed by atoms with Gasteiger partial charge >= 0.3 is 0 Å². The first kappa shape index (κ1) is 9.33. The average molecular weight is 188 g/mol. The van der Waals surface area contributed by atoms with Gasteiger partial charge in [-0.3, -0.25) is 4.68 Å². The Balaban J connectivity index is 2.27. The Labute approximate surface area is 85.3 Å². The van der Waals surface area contributed by atoms with Crippen molar-refractivity contribution in [2.24, 2.45) is 5.92 Å². The lowest BCUT2D eigenvalue weighted by atomic mass is 10.0. The fraction of sp³-hybridized carbons (Fsp3) is 0.583. The van der Waals surface area contributed by atoms with Crippen LogP contribution in [0.25, 0.3) is 0 Å². The summed E-state index contributed by atoms with van der Waals surface area (Å²) in [6, 6.07) is 2.06. The van der Waals surface area contributed by atoms with E-state index in [1.54, 1.807) is 0 Å². The van der Waals surface area contributed by atoms with Crippen LogP contribution >= 0.6 is 0 Å². The van der Waals surface area contributed by atoms with E-state index in [2.05, 4.69) is 35.6 Å². The summed E-state index contributed by atoms with van der Waals surface area (Å²) in [6.45, 7) is 5.35. The van der Waals surface area contributed by atoms with Crippen LogP contribution in [-0.2, 0) is 12.0 Å². The third-order valence-electron chi connectivity index (χ3n) is 2.77. The van der Waals surface area contributed by atoms with E-state index in [9.17, 15) is 0 Å². The van der Waals surface area contributed by atoms with E-state index in [4.69, 9.17) is 6.42 Å². The maximum absolute atomic E-state index is 5.57. The Bertz CT molecular complexity index is 364. The van der Waals surface area contributed by atoms with Gasteiger partial charge in [0, 0.05) is 12.7 Å². The van der Waals surface area contributed by atoms with E-state index in [0.717, 1.165) is 19.4 Å². The van der Waals surface area contributed by atoms with Gasteiger partial charge in [0.05, 0.1) is 11.1 Å². The van der Waals surface area contributed by atoms with Crippen LogP contribution in [0.5, 0.6) is 0 Å². The largest absolute Gasteiger partial charge is 0.268 e. The molecule has 1 saturated carbocycles. The number of hydrogen-bond donors (Lipinski definition) is 0. The number of terminal acetylenes is 1. The van der Waals surface area contributed by atoms with Crippen molar-refractivity contribution in [3.8, 4) is 12.3 Å². The Morgan fingerprint density at radius 1 is 1.64 bits per heavy atom. The van der Waals surface area contributed by atoms with Crippen LogP contribution < -0.4 is 0 Å². The molecule has 2 heteroatoms. The second kappa shape index (κ2) is 3.16. The summed E-state index contributed by atoms with van der Waals surface area (Å²) in [5, 5.41) is 4.33. The minimum absolute atomic E-state index is 0.0192. The number of rotatable bonds is 3. The van der Waals surface area contributed by atoms with E-state index >= 15 is 0 Å². The van der Waals surface area contributed by atoms with Crippen molar-refractivity contribution in [1.29, 1.82) is 0 Å². The van der Waals surface area contributed by atoms with Gasteiger partial charge in [0.2, 0.25) is 0 Å². The van der Waals surface area contributed by atoms with E-state index in [-0.39, 0.29) is 5.41 Å². The lowest BCUT2D eigenvalue weighted by Gasteiger charge is -2.13. The van der Waals surface area contributed by atoms with Crippen LogP contribution in [0.3, 0.4) is 0 Å². The molecule has 1 aromatic rings. The minimum Gasteiger partial charge on any atom is -0.268 e. The standard InChI is InChI=1S/C12H16N2/c1-4-12(6-7-12)11-5-8-13-14(11)9-10(2)3/h1,5,8,10H,6-7,9H2,2-3H3. The summed E-state index contributed by atoms with van der Waals surface area (Å²) in [5.74, 6) is 3.52. The molecule has 74 valence electrons. The SMILES string of the molecule is C#CC1(c2ccnn2CC(C)C)CC1. The quantitative estimate of drug-likeness (QED) is 0.665. The van der Waals surface area contributed by atoms with Crippen molar-refractivity contribution in [3.05, 3.63) is 18.0 Å². The smallest absolute Gasteiger partial charge is 0.0730 e. The maximum atomic E-state index is 5.57. The first-order valence-electron chi connectivity index (χ1n) is 5.18. The van der Waals surface area contributed by atoms with Crippen LogP contribution in [0.4, 0.5) is 0 Å². The van der Waals surface area contributed by atoms with Crippen LogP contribution in [0.15, 0.2) is 12.3 Å². The highest BCUT2D eigenvalue weighted by molar-refractivity contribution is 5.36. The van der Waals surface area contributed by atoms with Crippen LogP contribution in [0, 0.1) is 18.3 Å². The van der Waals surface area contributed by atoms with Crippen molar-refractivity contribution in [1.82, 2.24) is 9.78 Å². The van der Waals surface area contributed by atoms with Crippen molar-refractivity contribution >= 4 is 0 Å². The molecule has 1 aliphatic rings. The van der Waals surface area contributed by atoms with Gasteiger partial charge < -0.3 is 0 Å². The topological polar surface area (TPSA) is 17.8 Å². The second-order valence-electron chi connectivity index (χ2n) is 4.52. The summed E-state index contributed by atoms with van der Waals surface area (Å²) >= 11 is 0. The molecular weight excluding hydrogens is 172 g/mol. The Morgan fingerprint density at radius 2 is 2.36 bits per heavy atom. The normalized spacial score (nSPS) is 18.1. The molecule has 1 aliphatic carbocycles. The Morgan fingerprint density at radius 3 is 2.86 bits per heavy atom. The van der Waals surface area contributed by atoms with Gasteiger partial charge in [-0.05, 0) is 24.8 Å². The average Bonchev–Trinajstić information content (AvgIpc) is 2.81. The van der Waals surface area contributed by atoms with E-state index < -0.39 is 0 Å². The fourth-order valence-electron chi connectivity index (χ4n) is 1.83. The maximum Gasteiger partial charge on any atom is 0.0730 e.